The van der Waals surface area contributed by atoms with Gasteiger partial charge in [0, 0.05) is 0 Å². The molecule has 0 saturated heterocycles. The van der Waals surface area contributed by atoms with Gasteiger partial charge in [0.15, 0.2) is 0 Å². The summed E-state index contributed by atoms with van der Waals surface area (Å²) in [5.41, 5.74) is -0.292. The monoisotopic (exact) mass is 467 g/mol. The Labute approximate surface area is 211 Å². The smallest absolute Gasteiger partial charge is 0.0703 e. The number of hydrogen-bond donors (Lipinski definition) is 1. The van der Waals surface area contributed by atoms with E-state index >= 15 is 0 Å². The first-order chi connectivity index (χ1) is 16.1. The fourth-order valence-electron chi connectivity index (χ4n) is 6.09. The maximum absolute atomic E-state index is 12.6. The molecule has 1 N–H and O–H groups in total. The molecule has 1 nitrogen and oxygen atoms in total. The van der Waals surface area contributed by atoms with Crippen molar-refractivity contribution in [2.24, 2.45) is 5.41 Å². The van der Waals surface area contributed by atoms with Gasteiger partial charge in [-0.25, -0.2) is 0 Å². The van der Waals surface area contributed by atoms with Crippen LogP contribution in [0.1, 0.15) is 195 Å². The van der Waals surface area contributed by atoms with Crippen molar-refractivity contribution in [3.8, 4) is 0 Å². The van der Waals surface area contributed by atoms with Crippen LogP contribution in [0.15, 0.2) is 0 Å². The minimum Gasteiger partial charge on any atom is -0.389 e. The molecule has 0 fully saturated rings. The molecule has 0 spiro atoms. The standard InChI is InChI=1S/C32H66O/c1-6-11-16-21-26-31(27-22-17-12-7-2,28-23-18-13-8-3)32(33,29-24-19-14-9-4)30-25-20-15-10-5/h33H,6-30H2,1-5H3. The van der Waals surface area contributed by atoms with E-state index in [1.165, 1.54) is 148 Å². The van der Waals surface area contributed by atoms with Gasteiger partial charge >= 0.3 is 0 Å². The van der Waals surface area contributed by atoms with E-state index in [0.29, 0.717) is 0 Å². The minimum absolute atomic E-state index is 0.153. The Kier molecular flexibility index (Phi) is 22.4. The summed E-state index contributed by atoms with van der Waals surface area (Å²) in [7, 11) is 0. The van der Waals surface area contributed by atoms with Crippen molar-refractivity contribution in [3.63, 3.8) is 0 Å². The number of aliphatic hydroxyl groups is 1. The quantitative estimate of drug-likeness (QED) is 0.126. The third kappa shape index (κ3) is 14.8. The lowest BCUT2D eigenvalue weighted by Crippen LogP contribution is -2.49. The second-order valence-electron chi connectivity index (χ2n) is 11.4. The van der Waals surface area contributed by atoms with Crippen molar-refractivity contribution >= 4 is 0 Å². The van der Waals surface area contributed by atoms with Gasteiger partial charge in [-0.2, -0.15) is 0 Å². The predicted octanol–water partition coefficient (Wildman–Crippen LogP) is 11.6. The highest BCUT2D eigenvalue weighted by molar-refractivity contribution is 4.99. The highest BCUT2D eigenvalue weighted by Crippen LogP contribution is 2.51. The molecule has 0 aliphatic carbocycles. The Morgan fingerprint density at radius 2 is 0.576 bits per heavy atom. The van der Waals surface area contributed by atoms with Gasteiger partial charge in [-0.1, -0.05) is 163 Å². The Hall–Kier alpha value is -0.0400. The van der Waals surface area contributed by atoms with Crippen LogP contribution in [-0.2, 0) is 0 Å². The molecule has 0 aromatic heterocycles. The largest absolute Gasteiger partial charge is 0.389 e. The van der Waals surface area contributed by atoms with Crippen LogP contribution < -0.4 is 0 Å². The molecule has 0 aliphatic rings. The molecule has 0 unspecified atom stereocenters. The first-order valence-corrected chi connectivity index (χ1v) is 15.8. The molecular formula is C32H66O. The summed E-state index contributed by atoms with van der Waals surface area (Å²) in [5.74, 6) is 0. The second kappa shape index (κ2) is 22.4. The molecule has 33 heavy (non-hydrogen) atoms. The lowest BCUT2D eigenvalue weighted by molar-refractivity contribution is -0.117. The van der Waals surface area contributed by atoms with Gasteiger partial charge in [-0.05, 0) is 37.5 Å². The van der Waals surface area contributed by atoms with Gasteiger partial charge in [0.25, 0.3) is 0 Å². The van der Waals surface area contributed by atoms with Crippen LogP contribution in [0.4, 0.5) is 0 Å². The van der Waals surface area contributed by atoms with Crippen LogP contribution in [0.5, 0.6) is 0 Å². The summed E-state index contributed by atoms with van der Waals surface area (Å²) in [6.45, 7) is 11.6. The van der Waals surface area contributed by atoms with E-state index in [0.717, 1.165) is 12.8 Å². The summed E-state index contributed by atoms with van der Waals surface area (Å²) in [5, 5.41) is 12.6. The van der Waals surface area contributed by atoms with E-state index in [1.807, 2.05) is 0 Å². The number of hydrogen-bond acceptors (Lipinski definition) is 1. The van der Waals surface area contributed by atoms with Gasteiger partial charge in [-0.15, -0.1) is 0 Å². The van der Waals surface area contributed by atoms with Gasteiger partial charge in [0.05, 0.1) is 5.60 Å². The van der Waals surface area contributed by atoms with Crippen molar-refractivity contribution in [2.75, 3.05) is 0 Å². The van der Waals surface area contributed by atoms with Gasteiger partial charge in [0.1, 0.15) is 0 Å². The molecule has 0 aromatic rings. The molecule has 0 aromatic carbocycles. The van der Waals surface area contributed by atoms with Crippen LogP contribution in [0, 0.1) is 5.41 Å². The molecule has 0 saturated carbocycles. The summed E-state index contributed by atoms with van der Waals surface area (Å²) in [4.78, 5) is 0. The maximum atomic E-state index is 12.6. The lowest BCUT2D eigenvalue weighted by atomic mass is 9.59. The number of unbranched alkanes of at least 4 members (excludes halogenated alkanes) is 15. The highest BCUT2D eigenvalue weighted by Gasteiger charge is 2.47. The van der Waals surface area contributed by atoms with Crippen molar-refractivity contribution in [2.45, 2.75) is 201 Å². The first-order valence-electron chi connectivity index (χ1n) is 15.8. The number of rotatable bonds is 26. The molecule has 0 rings (SSSR count). The average Bonchev–Trinajstić information content (AvgIpc) is 2.82. The highest BCUT2D eigenvalue weighted by atomic mass is 16.3. The average molecular weight is 467 g/mol. The van der Waals surface area contributed by atoms with E-state index in [-0.39, 0.29) is 5.41 Å². The summed E-state index contributed by atoms with van der Waals surface area (Å²) in [6, 6.07) is 0. The Morgan fingerprint density at radius 3 is 0.818 bits per heavy atom. The van der Waals surface area contributed by atoms with Crippen molar-refractivity contribution < 1.29 is 5.11 Å². The van der Waals surface area contributed by atoms with Gasteiger partial charge < -0.3 is 5.11 Å². The molecular weight excluding hydrogens is 400 g/mol. The lowest BCUT2D eigenvalue weighted by Gasteiger charge is -2.49. The zero-order valence-electron chi connectivity index (χ0n) is 24.1. The topological polar surface area (TPSA) is 20.2 Å². The summed E-state index contributed by atoms with van der Waals surface area (Å²) < 4.78 is 0. The van der Waals surface area contributed by atoms with Crippen LogP contribution in [0.25, 0.3) is 0 Å². The SMILES string of the molecule is CCCCCCC(O)(CCCCCC)C(CCCCCC)(CCCCCC)CCCCCC. The fraction of sp³-hybridized carbons (Fsp3) is 1.00. The minimum atomic E-state index is -0.445. The van der Waals surface area contributed by atoms with Crippen molar-refractivity contribution in [1.82, 2.24) is 0 Å². The Balaban J connectivity index is 5.72. The Morgan fingerprint density at radius 1 is 0.333 bits per heavy atom. The van der Waals surface area contributed by atoms with Crippen molar-refractivity contribution in [1.29, 1.82) is 0 Å². The van der Waals surface area contributed by atoms with Crippen LogP contribution in [0.2, 0.25) is 0 Å². The third-order valence-corrected chi connectivity index (χ3v) is 8.40. The normalized spacial score (nSPS) is 12.5. The summed E-state index contributed by atoms with van der Waals surface area (Å²) >= 11 is 0. The first kappa shape index (κ1) is 33.0. The van der Waals surface area contributed by atoms with Crippen LogP contribution in [-0.4, -0.2) is 10.7 Å². The summed E-state index contributed by atoms with van der Waals surface area (Å²) in [6.07, 6.45) is 32.1. The van der Waals surface area contributed by atoms with E-state index in [4.69, 9.17) is 0 Å². The van der Waals surface area contributed by atoms with E-state index in [9.17, 15) is 5.11 Å². The third-order valence-electron chi connectivity index (χ3n) is 8.40. The fourth-order valence-corrected chi connectivity index (χ4v) is 6.09. The van der Waals surface area contributed by atoms with Crippen molar-refractivity contribution in [3.05, 3.63) is 0 Å². The molecule has 0 amide bonds. The molecule has 0 radical (unpaired) electrons. The molecule has 1 heteroatoms. The molecule has 0 atom stereocenters. The zero-order valence-corrected chi connectivity index (χ0v) is 24.1. The molecule has 0 aliphatic heterocycles. The van der Waals surface area contributed by atoms with Crippen LogP contribution >= 0.6 is 0 Å². The zero-order chi connectivity index (χ0) is 24.7. The second-order valence-corrected chi connectivity index (χ2v) is 11.4. The van der Waals surface area contributed by atoms with E-state index < -0.39 is 5.60 Å². The Bertz CT molecular complexity index is 345. The van der Waals surface area contributed by atoms with E-state index in [2.05, 4.69) is 34.6 Å². The molecule has 200 valence electrons. The van der Waals surface area contributed by atoms with E-state index in [1.54, 1.807) is 0 Å². The molecule has 0 heterocycles. The maximum Gasteiger partial charge on any atom is 0.0703 e. The van der Waals surface area contributed by atoms with Gasteiger partial charge in [-0.3, -0.25) is 0 Å². The predicted molar refractivity (Wildman–Crippen MR) is 151 cm³/mol. The van der Waals surface area contributed by atoms with Gasteiger partial charge in [0.2, 0.25) is 0 Å². The molecule has 0 bridgehead atoms. The van der Waals surface area contributed by atoms with Crippen LogP contribution in [0.3, 0.4) is 0 Å².